The molecular weight excluding hydrogens is 459 g/mol. The SMILES string of the molecule is C/C=C1/CC(C(=O)Cl)CNC(=C2/CN(C(=O)c3ccc(Cl)c(Cl)c3)CCC2=N)/C1=N/C. The van der Waals surface area contributed by atoms with Gasteiger partial charge in [-0.2, -0.15) is 0 Å². The Bertz CT molecular complexity index is 1030. The normalized spacial score (nSPS) is 24.9. The Morgan fingerprint density at radius 3 is 2.65 bits per heavy atom. The van der Waals surface area contributed by atoms with Gasteiger partial charge in [0.15, 0.2) is 0 Å². The van der Waals surface area contributed by atoms with Gasteiger partial charge < -0.3 is 15.6 Å². The molecule has 2 saturated heterocycles. The molecule has 0 radical (unpaired) electrons. The van der Waals surface area contributed by atoms with E-state index in [1.165, 1.54) is 0 Å². The molecule has 2 aliphatic rings. The van der Waals surface area contributed by atoms with Crippen molar-refractivity contribution in [3.8, 4) is 0 Å². The molecule has 0 aromatic heterocycles. The van der Waals surface area contributed by atoms with E-state index < -0.39 is 11.2 Å². The van der Waals surface area contributed by atoms with E-state index in [0.717, 1.165) is 5.57 Å². The summed E-state index contributed by atoms with van der Waals surface area (Å²) in [5.41, 5.74) is 3.80. The van der Waals surface area contributed by atoms with Crippen molar-refractivity contribution in [1.29, 1.82) is 5.41 Å². The highest BCUT2D eigenvalue weighted by Crippen LogP contribution is 2.28. The number of benzene rings is 1. The topological polar surface area (TPSA) is 85.6 Å². The van der Waals surface area contributed by atoms with E-state index in [1.807, 2.05) is 13.0 Å². The highest BCUT2D eigenvalue weighted by Gasteiger charge is 2.32. The first-order chi connectivity index (χ1) is 14.8. The molecule has 2 heterocycles. The van der Waals surface area contributed by atoms with Crippen LogP contribution in [0, 0.1) is 11.3 Å². The minimum atomic E-state index is -0.413. The lowest BCUT2D eigenvalue weighted by atomic mass is 9.93. The molecule has 0 saturated carbocycles. The van der Waals surface area contributed by atoms with Crippen LogP contribution in [0.25, 0.3) is 0 Å². The number of carbonyl (C=O) groups excluding carboxylic acids is 2. The van der Waals surface area contributed by atoms with Crippen molar-refractivity contribution in [2.45, 2.75) is 19.8 Å². The van der Waals surface area contributed by atoms with E-state index >= 15 is 0 Å². The minimum Gasteiger partial charge on any atom is -0.382 e. The second kappa shape index (κ2) is 9.98. The van der Waals surface area contributed by atoms with Crippen molar-refractivity contribution >= 4 is 57.4 Å². The maximum Gasteiger partial charge on any atom is 0.254 e. The maximum absolute atomic E-state index is 13.1. The van der Waals surface area contributed by atoms with Gasteiger partial charge in [-0.15, -0.1) is 0 Å². The summed E-state index contributed by atoms with van der Waals surface area (Å²) in [6, 6.07) is 4.79. The number of piperidine rings is 1. The lowest BCUT2D eigenvalue weighted by molar-refractivity contribution is -0.114. The molecule has 2 N–H and O–H groups in total. The molecule has 3 rings (SSSR count). The molecule has 0 spiro atoms. The summed E-state index contributed by atoms with van der Waals surface area (Å²) in [4.78, 5) is 31.0. The zero-order valence-corrected chi connectivity index (χ0v) is 19.5. The van der Waals surface area contributed by atoms with Crippen LogP contribution in [0.5, 0.6) is 0 Å². The van der Waals surface area contributed by atoms with Crippen molar-refractivity contribution in [3.63, 3.8) is 0 Å². The first-order valence-electron chi connectivity index (χ1n) is 9.88. The largest absolute Gasteiger partial charge is 0.382 e. The van der Waals surface area contributed by atoms with Gasteiger partial charge in [0.25, 0.3) is 5.91 Å². The predicted molar refractivity (Wildman–Crippen MR) is 126 cm³/mol. The van der Waals surface area contributed by atoms with Crippen molar-refractivity contribution in [3.05, 3.63) is 56.7 Å². The Hall–Kier alpha value is -2.15. The van der Waals surface area contributed by atoms with Gasteiger partial charge in [-0.3, -0.25) is 14.6 Å². The van der Waals surface area contributed by atoms with E-state index in [1.54, 1.807) is 30.1 Å². The second-order valence-electron chi connectivity index (χ2n) is 7.41. The van der Waals surface area contributed by atoms with Crippen LogP contribution in [-0.4, -0.2) is 54.2 Å². The average molecular weight is 482 g/mol. The maximum atomic E-state index is 13.1. The molecule has 0 bridgehead atoms. The number of aliphatic imine (C=N–C) groups is 1. The average Bonchev–Trinajstić information content (AvgIpc) is 2.94. The number of amides is 1. The van der Waals surface area contributed by atoms with Crippen LogP contribution in [0.1, 0.15) is 30.1 Å². The third-order valence-corrected chi connectivity index (χ3v) is 6.57. The van der Waals surface area contributed by atoms with Crippen LogP contribution in [0.4, 0.5) is 0 Å². The van der Waals surface area contributed by atoms with Crippen LogP contribution in [0.3, 0.4) is 0 Å². The third kappa shape index (κ3) is 5.03. The van der Waals surface area contributed by atoms with Crippen molar-refractivity contribution in [2.24, 2.45) is 10.9 Å². The van der Waals surface area contributed by atoms with Crippen LogP contribution >= 0.6 is 34.8 Å². The lowest BCUT2D eigenvalue weighted by Crippen LogP contribution is -2.42. The summed E-state index contributed by atoms with van der Waals surface area (Å²) in [6.07, 6.45) is 2.79. The molecule has 1 amide bonds. The Balaban J connectivity index is 1.98. The Morgan fingerprint density at radius 1 is 1.29 bits per heavy atom. The number of halogens is 3. The van der Waals surface area contributed by atoms with Crippen LogP contribution in [0.15, 0.2) is 46.1 Å². The van der Waals surface area contributed by atoms with Gasteiger partial charge >= 0.3 is 0 Å². The fraction of sp³-hybridized carbons (Fsp3) is 0.364. The van der Waals surface area contributed by atoms with E-state index in [4.69, 9.17) is 40.2 Å². The minimum absolute atomic E-state index is 0.187. The molecule has 2 aliphatic heterocycles. The highest BCUT2D eigenvalue weighted by molar-refractivity contribution is 6.64. The number of rotatable bonds is 2. The van der Waals surface area contributed by atoms with Crippen molar-refractivity contribution in [1.82, 2.24) is 10.2 Å². The van der Waals surface area contributed by atoms with E-state index in [9.17, 15) is 9.59 Å². The monoisotopic (exact) mass is 480 g/mol. The summed E-state index contributed by atoms with van der Waals surface area (Å²) in [6.45, 7) is 2.89. The number of allylic oxidation sites excluding steroid dienone is 2. The summed E-state index contributed by atoms with van der Waals surface area (Å²) in [5.74, 6) is -0.581. The molecule has 2 fully saturated rings. The zero-order valence-electron chi connectivity index (χ0n) is 17.3. The summed E-state index contributed by atoms with van der Waals surface area (Å²) < 4.78 is 0. The van der Waals surface area contributed by atoms with Crippen LogP contribution in [0.2, 0.25) is 10.0 Å². The van der Waals surface area contributed by atoms with Gasteiger partial charge in [0.1, 0.15) is 0 Å². The van der Waals surface area contributed by atoms with Crippen LogP contribution < -0.4 is 5.32 Å². The molecule has 0 aliphatic carbocycles. The quantitative estimate of drug-likeness (QED) is 0.610. The number of nitrogens with one attached hydrogen (secondary N) is 2. The first kappa shape index (κ1) is 23.5. The Labute approximate surface area is 196 Å². The lowest BCUT2D eigenvalue weighted by Gasteiger charge is -2.31. The number of likely N-dealkylation sites (tertiary alicyclic amines) is 1. The molecule has 1 unspecified atom stereocenters. The van der Waals surface area contributed by atoms with Gasteiger partial charge in [-0.25, -0.2) is 0 Å². The predicted octanol–water partition coefficient (Wildman–Crippen LogP) is 4.51. The molecule has 1 atom stereocenters. The fourth-order valence-electron chi connectivity index (χ4n) is 3.80. The molecule has 164 valence electrons. The number of nitrogens with zero attached hydrogens (tertiary/aromatic N) is 2. The molecule has 1 aromatic rings. The first-order valence-corrected chi connectivity index (χ1v) is 11.0. The van der Waals surface area contributed by atoms with Gasteiger partial charge in [0.05, 0.1) is 27.4 Å². The van der Waals surface area contributed by atoms with Crippen molar-refractivity contribution in [2.75, 3.05) is 26.7 Å². The van der Waals surface area contributed by atoms with E-state index in [2.05, 4.69) is 10.3 Å². The molecular formula is C22H23Cl3N4O2. The standard InChI is InChI=1S/C22H23Cl3N4O2/c1-3-12-8-14(21(25)30)10-28-20(19(12)27-2)15-11-29(7-6-18(15)26)22(31)13-4-5-16(23)17(24)9-13/h3-5,9,14,26,28H,6-8,10-11H2,1-2H3/b12-3-,20-15-,26-18?,27-19+. The molecule has 9 heteroatoms. The number of hydrogen-bond donors (Lipinski definition) is 2. The molecule has 31 heavy (non-hydrogen) atoms. The van der Waals surface area contributed by atoms with Gasteiger partial charge in [-0.1, -0.05) is 29.3 Å². The van der Waals surface area contributed by atoms with Gasteiger partial charge in [0.2, 0.25) is 5.24 Å². The van der Waals surface area contributed by atoms with Crippen LogP contribution in [-0.2, 0) is 4.79 Å². The summed E-state index contributed by atoms with van der Waals surface area (Å²) in [5, 5.41) is 12.1. The number of carbonyl (C=O) groups is 2. The summed E-state index contributed by atoms with van der Waals surface area (Å²) >= 11 is 17.8. The smallest absolute Gasteiger partial charge is 0.254 e. The number of hydrogen-bond acceptors (Lipinski definition) is 5. The zero-order chi connectivity index (χ0) is 22.7. The Kier molecular flexibility index (Phi) is 7.57. The van der Waals surface area contributed by atoms with Crippen molar-refractivity contribution < 1.29 is 9.59 Å². The van der Waals surface area contributed by atoms with Gasteiger partial charge in [-0.05, 0) is 48.7 Å². The van der Waals surface area contributed by atoms with Gasteiger partial charge in [0, 0.05) is 50.0 Å². The fourth-order valence-corrected chi connectivity index (χ4v) is 4.25. The second-order valence-corrected chi connectivity index (χ2v) is 8.60. The molecule has 1 aromatic carbocycles. The van der Waals surface area contributed by atoms with E-state index in [-0.39, 0.29) is 12.5 Å². The highest BCUT2D eigenvalue weighted by atomic mass is 35.5. The molecule has 6 nitrogen and oxygen atoms in total. The van der Waals surface area contributed by atoms with E-state index in [0.29, 0.717) is 64.2 Å². The Morgan fingerprint density at radius 2 is 2.03 bits per heavy atom. The summed E-state index contributed by atoms with van der Waals surface area (Å²) in [7, 11) is 1.68. The third-order valence-electron chi connectivity index (χ3n) is 5.53.